The summed E-state index contributed by atoms with van der Waals surface area (Å²) in [5, 5.41) is 8.27. The van der Waals surface area contributed by atoms with Crippen LogP contribution >= 0.6 is 0 Å². The Morgan fingerprint density at radius 3 is 2.41 bits per heavy atom. The van der Waals surface area contributed by atoms with Gasteiger partial charge in [0.15, 0.2) is 0 Å². The average molecular weight is 369 g/mol. The second kappa shape index (κ2) is 10.2. The molecular formula is C21H27N3O3. The first-order valence-electron chi connectivity index (χ1n) is 9.05. The van der Waals surface area contributed by atoms with E-state index < -0.39 is 0 Å². The van der Waals surface area contributed by atoms with Crippen molar-refractivity contribution in [2.24, 2.45) is 5.92 Å². The van der Waals surface area contributed by atoms with E-state index in [-0.39, 0.29) is 17.9 Å². The van der Waals surface area contributed by atoms with Crippen molar-refractivity contribution in [1.82, 2.24) is 10.6 Å². The van der Waals surface area contributed by atoms with E-state index in [0.717, 1.165) is 11.1 Å². The first-order valence-corrected chi connectivity index (χ1v) is 9.05. The number of aryl methyl sites for hydroxylation is 1. The van der Waals surface area contributed by atoms with Crippen LogP contribution in [0.1, 0.15) is 25.0 Å². The minimum absolute atomic E-state index is 0.0349. The van der Waals surface area contributed by atoms with Gasteiger partial charge in [0.25, 0.3) is 0 Å². The van der Waals surface area contributed by atoms with Crippen molar-refractivity contribution in [2.45, 2.75) is 27.4 Å². The maximum absolute atomic E-state index is 12.1. The summed E-state index contributed by atoms with van der Waals surface area (Å²) < 4.78 is 5.89. The molecule has 27 heavy (non-hydrogen) atoms. The van der Waals surface area contributed by atoms with Crippen LogP contribution in [0, 0.1) is 12.8 Å². The number of hydrogen-bond acceptors (Lipinski definition) is 3. The SMILES string of the molecule is Cc1ccc(NC(=O)NCCNC(=O)C(C)C)c(OCc2ccccc2)c1. The fourth-order valence-electron chi connectivity index (χ4n) is 2.32. The van der Waals surface area contributed by atoms with Gasteiger partial charge in [-0.2, -0.15) is 0 Å². The molecule has 0 aliphatic rings. The zero-order chi connectivity index (χ0) is 19.6. The van der Waals surface area contributed by atoms with Crippen molar-refractivity contribution < 1.29 is 14.3 Å². The lowest BCUT2D eigenvalue weighted by molar-refractivity contribution is -0.123. The smallest absolute Gasteiger partial charge is 0.319 e. The van der Waals surface area contributed by atoms with E-state index in [1.807, 2.05) is 69.3 Å². The standard InChI is InChI=1S/C21H27N3O3/c1-15(2)20(25)22-11-12-23-21(26)24-18-10-9-16(3)13-19(18)27-14-17-7-5-4-6-8-17/h4-10,13,15H,11-12,14H2,1-3H3,(H,22,25)(H2,23,24,26). The van der Waals surface area contributed by atoms with Gasteiger partial charge in [-0.25, -0.2) is 4.79 Å². The molecule has 3 N–H and O–H groups in total. The molecule has 0 saturated heterocycles. The Kier molecular flexibility index (Phi) is 7.67. The fraction of sp³-hybridized carbons (Fsp3) is 0.333. The van der Waals surface area contributed by atoms with Crippen LogP contribution in [0.4, 0.5) is 10.5 Å². The van der Waals surface area contributed by atoms with Gasteiger partial charge in [0.2, 0.25) is 5.91 Å². The minimum atomic E-state index is -0.345. The van der Waals surface area contributed by atoms with Gasteiger partial charge in [-0.3, -0.25) is 4.79 Å². The first kappa shape index (κ1) is 20.3. The van der Waals surface area contributed by atoms with Crippen molar-refractivity contribution in [3.63, 3.8) is 0 Å². The summed E-state index contributed by atoms with van der Waals surface area (Å²) >= 11 is 0. The second-order valence-electron chi connectivity index (χ2n) is 6.60. The number of amides is 3. The van der Waals surface area contributed by atoms with Gasteiger partial charge >= 0.3 is 6.03 Å². The highest BCUT2D eigenvalue weighted by atomic mass is 16.5. The van der Waals surface area contributed by atoms with Gasteiger partial charge in [-0.05, 0) is 30.2 Å². The molecule has 0 fully saturated rings. The summed E-state index contributed by atoms with van der Waals surface area (Å²) in [6, 6.07) is 15.1. The Hall–Kier alpha value is -3.02. The molecule has 0 spiro atoms. The molecule has 2 rings (SSSR count). The Morgan fingerprint density at radius 1 is 1.00 bits per heavy atom. The fourth-order valence-corrected chi connectivity index (χ4v) is 2.32. The molecule has 0 radical (unpaired) electrons. The van der Waals surface area contributed by atoms with E-state index >= 15 is 0 Å². The molecule has 0 aliphatic carbocycles. The largest absolute Gasteiger partial charge is 0.487 e. The predicted octanol–water partition coefficient (Wildman–Crippen LogP) is 3.47. The Balaban J connectivity index is 1.87. The third kappa shape index (κ3) is 7.01. The van der Waals surface area contributed by atoms with Crippen LogP contribution in [0.3, 0.4) is 0 Å². The highest BCUT2D eigenvalue weighted by Gasteiger charge is 2.09. The number of carbonyl (C=O) groups excluding carboxylic acids is 2. The molecule has 0 heterocycles. The molecule has 0 aromatic heterocycles. The van der Waals surface area contributed by atoms with Crippen molar-refractivity contribution >= 4 is 17.6 Å². The molecule has 6 nitrogen and oxygen atoms in total. The highest BCUT2D eigenvalue weighted by molar-refractivity contribution is 5.91. The van der Waals surface area contributed by atoms with Crippen molar-refractivity contribution in [2.75, 3.05) is 18.4 Å². The molecule has 144 valence electrons. The Labute approximate surface area is 160 Å². The summed E-state index contributed by atoms with van der Waals surface area (Å²) in [6.07, 6.45) is 0. The van der Waals surface area contributed by atoms with E-state index in [1.54, 1.807) is 0 Å². The molecule has 6 heteroatoms. The van der Waals surface area contributed by atoms with Crippen LogP contribution in [-0.2, 0) is 11.4 Å². The van der Waals surface area contributed by atoms with Gasteiger partial charge in [-0.1, -0.05) is 50.2 Å². The molecule has 0 saturated carbocycles. The van der Waals surface area contributed by atoms with Crippen LogP contribution in [0.5, 0.6) is 5.75 Å². The zero-order valence-electron chi connectivity index (χ0n) is 16.0. The molecule has 0 unspecified atom stereocenters. The molecule has 0 bridgehead atoms. The van der Waals surface area contributed by atoms with Gasteiger partial charge in [0, 0.05) is 19.0 Å². The number of rotatable bonds is 8. The monoisotopic (exact) mass is 369 g/mol. The lowest BCUT2D eigenvalue weighted by Crippen LogP contribution is -2.38. The van der Waals surface area contributed by atoms with Crippen molar-refractivity contribution in [1.29, 1.82) is 0 Å². The number of benzene rings is 2. The van der Waals surface area contributed by atoms with Crippen molar-refractivity contribution in [3.05, 3.63) is 59.7 Å². The Morgan fingerprint density at radius 2 is 1.70 bits per heavy atom. The van der Waals surface area contributed by atoms with Crippen molar-refractivity contribution in [3.8, 4) is 5.75 Å². The van der Waals surface area contributed by atoms with Crippen LogP contribution in [-0.4, -0.2) is 25.0 Å². The van der Waals surface area contributed by atoms with E-state index in [0.29, 0.717) is 31.1 Å². The zero-order valence-corrected chi connectivity index (χ0v) is 16.0. The number of urea groups is 1. The maximum atomic E-state index is 12.1. The summed E-state index contributed by atoms with van der Waals surface area (Å²) in [5.74, 6) is 0.505. The average Bonchev–Trinajstić information content (AvgIpc) is 2.66. The Bertz CT molecular complexity index is 761. The van der Waals surface area contributed by atoms with E-state index in [4.69, 9.17) is 4.74 Å². The summed E-state index contributed by atoms with van der Waals surface area (Å²) in [7, 11) is 0. The van der Waals surface area contributed by atoms with Gasteiger partial charge in [0.1, 0.15) is 12.4 Å². The lowest BCUT2D eigenvalue weighted by atomic mass is 10.2. The normalized spacial score (nSPS) is 10.4. The number of carbonyl (C=O) groups is 2. The number of anilines is 1. The molecule has 2 aromatic rings. The third-order valence-corrected chi connectivity index (χ3v) is 3.86. The lowest BCUT2D eigenvalue weighted by Gasteiger charge is -2.14. The number of ether oxygens (including phenoxy) is 1. The van der Waals surface area contributed by atoms with Gasteiger partial charge < -0.3 is 20.7 Å². The van der Waals surface area contributed by atoms with E-state index in [2.05, 4.69) is 16.0 Å². The predicted molar refractivity (Wildman–Crippen MR) is 107 cm³/mol. The summed E-state index contributed by atoms with van der Waals surface area (Å²) in [4.78, 5) is 23.6. The van der Waals surface area contributed by atoms with Crippen LogP contribution in [0.2, 0.25) is 0 Å². The van der Waals surface area contributed by atoms with Gasteiger partial charge in [-0.15, -0.1) is 0 Å². The maximum Gasteiger partial charge on any atom is 0.319 e. The molecular weight excluding hydrogens is 342 g/mol. The summed E-state index contributed by atoms with van der Waals surface area (Å²) in [5.41, 5.74) is 2.69. The summed E-state index contributed by atoms with van der Waals surface area (Å²) in [6.45, 7) is 6.76. The molecule has 0 atom stereocenters. The van der Waals surface area contributed by atoms with Gasteiger partial charge in [0.05, 0.1) is 5.69 Å². The second-order valence-corrected chi connectivity index (χ2v) is 6.60. The van der Waals surface area contributed by atoms with E-state index in [1.165, 1.54) is 0 Å². The van der Waals surface area contributed by atoms with Crippen LogP contribution in [0.25, 0.3) is 0 Å². The molecule has 3 amide bonds. The first-order chi connectivity index (χ1) is 13.0. The molecule has 2 aromatic carbocycles. The number of nitrogens with one attached hydrogen (secondary N) is 3. The van der Waals surface area contributed by atoms with Crippen LogP contribution < -0.4 is 20.7 Å². The van der Waals surface area contributed by atoms with E-state index in [9.17, 15) is 9.59 Å². The quantitative estimate of drug-likeness (QED) is 0.624. The van der Waals surface area contributed by atoms with Crippen LogP contribution in [0.15, 0.2) is 48.5 Å². The minimum Gasteiger partial charge on any atom is -0.487 e. The highest BCUT2D eigenvalue weighted by Crippen LogP contribution is 2.26. The third-order valence-electron chi connectivity index (χ3n) is 3.86. The number of hydrogen-bond donors (Lipinski definition) is 3. The topological polar surface area (TPSA) is 79.5 Å². The molecule has 0 aliphatic heterocycles.